The van der Waals surface area contributed by atoms with Crippen LogP contribution in [0.5, 0.6) is 0 Å². The topological polar surface area (TPSA) is 101 Å². The van der Waals surface area contributed by atoms with Crippen LogP contribution in [0, 0.1) is 5.41 Å². The van der Waals surface area contributed by atoms with Crippen molar-refractivity contribution < 1.29 is 21.9 Å². The molecule has 1 aliphatic rings. The quantitative estimate of drug-likeness (QED) is 0.601. The van der Waals surface area contributed by atoms with Gasteiger partial charge in [-0.3, -0.25) is 0 Å². The maximum Gasteiger partial charge on any atom is 0.212 e. The number of hydrogen-bond acceptors (Lipinski definition) is 5. The number of aliphatic hydroxyl groups excluding tert-OH is 1. The normalized spacial score (nSPS) is 19.6. The monoisotopic (exact) mass is 271 g/mol. The predicted molar refractivity (Wildman–Crippen MR) is 60.3 cm³/mol. The van der Waals surface area contributed by atoms with Crippen molar-refractivity contribution in [1.29, 1.82) is 0 Å². The van der Waals surface area contributed by atoms with Crippen molar-refractivity contribution in [3.05, 3.63) is 0 Å². The van der Waals surface area contributed by atoms with Crippen LogP contribution < -0.4 is 4.72 Å². The molecule has 0 bridgehead atoms. The first-order chi connectivity index (χ1) is 7.18. The summed E-state index contributed by atoms with van der Waals surface area (Å²) < 4.78 is 46.8. The lowest BCUT2D eigenvalue weighted by atomic mass is 10.1. The predicted octanol–water partition coefficient (Wildman–Crippen LogP) is -1.28. The first-order valence-electron chi connectivity index (χ1n) is 4.94. The number of rotatable bonds is 7. The molecular weight excluding hydrogens is 254 g/mol. The van der Waals surface area contributed by atoms with Crippen LogP contribution in [-0.4, -0.2) is 52.9 Å². The van der Waals surface area contributed by atoms with Gasteiger partial charge in [-0.25, -0.2) is 21.6 Å². The highest BCUT2D eigenvalue weighted by molar-refractivity contribution is 7.93. The van der Waals surface area contributed by atoms with Crippen molar-refractivity contribution in [2.24, 2.45) is 5.41 Å². The molecule has 96 valence electrons. The SMILES string of the molecule is CS(=O)(=O)CCS(=O)(=O)NCC1(CO)CC1. The molecule has 0 radical (unpaired) electrons. The Morgan fingerprint density at radius 2 is 1.75 bits per heavy atom. The van der Waals surface area contributed by atoms with E-state index in [1.807, 2.05) is 0 Å². The van der Waals surface area contributed by atoms with Gasteiger partial charge < -0.3 is 5.11 Å². The third-order valence-corrected chi connectivity index (χ3v) is 5.21. The molecule has 0 aromatic rings. The Balaban J connectivity index is 2.41. The third kappa shape index (κ3) is 4.77. The van der Waals surface area contributed by atoms with Gasteiger partial charge in [0.1, 0.15) is 9.84 Å². The first kappa shape index (κ1) is 13.9. The summed E-state index contributed by atoms with van der Waals surface area (Å²) in [5, 5.41) is 8.98. The zero-order valence-electron chi connectivity index (χ0n) is 9.14. The average Bonchev–Trinajstić information content (AvgIpc) is 2.92. The van der Waals surface area contributed by atoms with Gasteiger partial charge in [-0.15, -0.1) is 0 Å². The number of hydrogen-bond donors (Lipinski definition) is 2. The van der Waals surface area contributed by atoms with Gasteiger partial charge >= 0.3 is 0 Å². The lowest BCUT2D eigenvalue weighted by Crippen LogP contribution is -2.35. The zero-order valence-corrected chi connectivity index (χ0v) is 10.8. The molecular formula is C8H17NO5S2. The number of nitrogens with one attached hydrogen (secondary N) is 1. The smallest absolute Gasteiger partial charge is 0.212 e. The molecule has 0 aromatic carbocycles. The van der Waals surface area contributed by atoms with Crippen molar-refractivity contribution in [3.8, 4) is 0 Å². The van der Waals surface area contributed by atoms with Crippen LogP contribution in [0.4, 0.5) is 0 Å². The van der Waals surface area contributed by atoms with Crippen LogP contribution in [0.3, 0.4) is 0 Å². The van der Waals surface area contributed by atoms with E-state index in [1.165, 1.54) is 0 Å². The zero-order chi connectivity index (χ0) is 12.4. The highest BCUT2D eigenvalue weighted by Crippen LogP contribution is 2.44. The van der Waals surface area contributed by atoms with E-state index in [0.29, 0.717) is 0 Å². The van der Waals surface area contributed by atoms with Gasteiger partial charge in [0.05, 0.1) is 11.5 Å². The Bertz CT molecular complexity index is 435. The highest BCUT2D eigenvalue weighted by atomic mass is 32.2. The maximum atomic E-state index is 11.4. The van der Waals surface area contributed by atoms with Gasteiger partial charge in [0, 0.05) is 24.8 Å². The molecule has 0 heterocycles. The Hall–Kier alpha value is -0.180. The van der Waals surface area contributed by atoms with E-state index in [4.69, 9.17) is 5.11 Å². The largest absolute Gasteiger partial charge is 0.396 e. The van der Waals surface area contributed by atoms with E-state index in [-0.39, 0.29) is 24.3 Å². The fourth-order valence-electron chi connectivity index (χ4n) is 1.16. The Morgan fingerprint density at radius 3 is 2.12 bits per heavy atom. The summed E-state index contributed by atoms with van der Waals surface area (Å²) in [6.07, 6.45) is 2.61. The van der Waals surface area contributed by atoms with E-state index in [1.54, 1.807) is 0 Å². The Kier molecular flexibility index (Phi) is 3.99. The lowest BCUT2D eigenvalue weighted by molar-refractivity contribution is 0.213. The summed E-state index contributed by atoms with van der Waals surface area (Å²) in [6, 6.07) is 0. The van der Waals surface area contributed by atoms with Crippen molar-refractivity contribution >= 4 is 19.9 Å². The van der Waals surface area contributed by atoms with Crippen molar-refractivity contribution in [2.45, 2.75) is 12.8 Å². The van der Waals surface area contributed by atoms with Crippen LogP contribution in [0.1, 0.15) is 12.8 Å². The molecule has 2 N–H and O–H groups in total. The molecule has 0 amide bonds. The van der Waals surface area contributed by atoms with Crippen molar-refractivity contribution in [3.63, 3.8) is 0 Å². The molecule has 0 saturated heterocycles. The summed E-state index contributed by atoms with van der Waals surface area (Å²) in [5.74, 6) is -0.804. The standard InChI is InChI=1S/C8H17NO5S2/c1-15(11,12)4-5-16(13,14)9-6-8(7-10)2-3-8/h9-10H,2-7H2,1H3. The molecule has 1 aliphatic carbocycles. The van der Waals surface area contributed by atoms with Crippen LogP contribution in [0.25, 0.3) is 0 Å². The summed E-state index contributed by atoms with van der Waals surface area (Å²) in [4.78, 5) is 0. The first-order valence-corrected chi connectivity index (χ1v) is 8.65. The molecule has 0 aromatic heterocycles. The van der Waals surface area contributed by atoms with E-state index in [0.717, 1.165) is 19.1 Å². The molecule has 0 unspecified atom stereocenters. The molecule has 0 spiro atoms. The second kappa shape index (κ2) is 4.59. The van der Waals surface area contributed by atoms with E-state index in [2.05, 4.69) is 4.72 Å². The van der Waals surface area contributed by atoms with Crippen molar-refractivity contribution in [1.82, 2.24) is 4.72 Å². The molecule has 1 fully saturated rings. The minimum Gasteiger partial charge on any atom is -0.396 e. The van der Waals surface area contributed by atoms with Gasteiger partial charge in [0.25, 0.3) is 0 Å². The summed E-state index contributed by atoms with van der Waals surface area (Å²) in [6.45, 7) is 0.150. The van der Waals surface area contributed by atoms with Crippen LogP contribution in [-0.2, 0) is 19.9 Å². The van der Waals surface area contributed by atoms with Crippen LogP contribution in [0.2, 0.25) is 0 Å². The highest BCUT2D eigenvalue weighted by Gasteiger charge is 2.42. The van der Waals surface area contributed by atoms with Gasteiger partial charge in [-0.2, -0.15) is 0 Å². The molecule has 16 heavy (non-hydrogen) atoms. The Morgan fingerprint density at radius 1 is 1.19 bits per heavy atom. The maximum absolute atomic E-state index is 11.4. The fourth-order valence-corrected chi connectivity index (χ4v) is 3.92. The van der Waals surface area contributed by atoms with Gasteiger partial charge in [-0.1, -0.05) is 0 Å². The van der Waals surface area contributed by atoms with Gasteiger partial charge in [0.15, 0.2) is 0 Å². The number of aliphatic hydroxyl groups is 1. The lowest BCUT2D eigenvalue weighted by Gasteiger charge is -2.12. The molecule has 1 rings (SSSR count). The molecule has 0 aliphatic heterocycles. The number of sulfonamides is 1. The second-order valence-electron chi connectivity index (χ2n) is 4.43. The summed E-state index contributed by atoms with van der Waals surface area (Å²) in [5.41, 5.74) is -0.307. The second-order valence-corrected chi connectivity index (χ2v) is 8.61. The summed E-state index contributed by atoms with van der Waals surface area (Å²) in [7, 11) is -6.83. The minimum absolute atomic E-state index is 0.0401. The minimum atomic E-state index is -3.56. The molecule has 1 saturated carbocycles. The van der Waals surface area contributed by atoms with E-state index >= 15 is 0 Å². The Labute approximate surface area is 96.0 Å². The molecule has 0 atom stereocenters. The molecule has 6 nitrogen and oxygen atoms in total. The van der Waals surface area contributed by atoms with Crippen LogP contribution in [0.15, 0.2) is 0 Å². The van der Waals surface area contributed by atoms with Crippen LogP contribution >= 0.6 is 0 Å². The van der Waals surface area contributed by atoms with Crippen molar-refractivity contribution in [2.75, 3.05) is 30.9 Å². The fraction of sp³-hybridized carbons (Fsp3) is 1.00. The summed E-state index contributed by atoms with van der Waals surface area (Å²) >= 11 is 0. The number of sulfone groups is 1. The van der Waals surface area contributed by atoms with Gasteiger partial charge in [-0.05, 0) is 12.8 Å². The molecule has 8 heteroatoms. The van der Waals surface area contributed by atoms with E-state index in [9.17, 15) is 16.8 Å². The average molecular weight is 271 g/mol. The third-order valence-electron chi connectivity index (χ3n) is 2.68. The van der Waals surface area contributed by atoms with Gasteiger partial charge in [0.2, 0.25) is 10.0 Å². The van der Waals surface area contributed by atoms with E-state index < -0.39 is 25.6 Å².